The zero-order valence-electron chi connectivity index (χ0n) is 6.50. The molecule has 1 rings (SSSR count). The molecule has 1 aromatic carbocycles. The van der Waals surface area contributed by atoms with E-state index in [0.29, 0.717) is 0 Å². The quantitative estimate of drug-likeness (QED) is 0.289. The molecular formula is C8H4F4O. The lowest BCUT2D eigenvalue weighted by Crippen LogP contribution is -2.05. The van der Waals surface area contributed by atoms with Crippen LogP contribution in [0.3, 0.4) is 0 Å². The molecule has 0 aliphatic heterocycles. The highest BCUT2D eigenvalue weighted by atomic mass is 19.2. The zero-order valence-corrected chi connectivity index (χ0v) is 6.50. The van der Waals surface area contributed by atoms with Crippen molar-refractivity contribution in [3.63, 3.8) is 0 Å². The van der Waals surface area contributed by atoms with E-state index in [2.05, 4.69) is 0 Å². The molecule has 0 fully saturated rings. The Morgan fingerprint density at radius 2 is 1.46 bits per heavy atom. The standard InChI is InChI=1S/C8H4F4O/c1-3-5(9)4(2-13)7(11)8(12)6(3)10/h2H,1H3. The number of carbonyl (C=O) groups excluding carboxylic acids is 1. The molecule has 0 aliphatic carbocycles. The summed E-state index contributed by atoms with van der Waals surface area (Å²) in [5.41, 5.74) is -1.79. The van der Waals surface area contributed by atoms with Crippen molar-refractivity contribution in [2.75, 3.05) is 0 Å². The third-order valence-electron chi connectivity index (χ3n) is 1.63. The molecule has 0 radical (unpaired) electrons. The van der Waals surface area contributed by atoms with Gasteiger partial charge in [0.25, 0.3) is 0 Å². The lowest BCUT2D eigenvalue weighted by atomic mass is 10.1. The topological polar surface area (TPSA) is 17.1 Å². The Balaban J connectivity index is 3.66. The highest BCUT2D eigenvalue weighted by molar-refractivity contribution is 5.76. The Bertz CT molecular complexity index is 344. The summed E-state index contributed by atoms with van der Waals surface area (Å²) in [6, 6.07) is 0. The van der Waals surface area contributed by atoms with E-state index in [0.717, 1.165) is 6.92 Å². The largest absolute Gasteiger partial charge is 0.298 e. The smallest absolute Gasteiger partial charge is 0.195 e. The average molecular weight is 192 g/mol. The van der Waals surface area contributed by atoms with E-state index in [9.17, 15) is 22.4 Å². The molecule has 0 atom stereocenters. The van der Waals surface area contributed by atoms with Gasteiger partial charge in [0, 0.05) is 5.56 Å². The number of rotatable bonds is 1. The van der Waals surface area contributed by atoms with Crippen LogP contribution < -0.4 is 0 Å². The maximum Gasteiger partial charge on any atom is 0.195 e. The SMILES string of the molecule is Cc1c(F)c(F)c(F)c(C=O)c1F. The van der Waals surface area contributed by atoms with Crippen molar-refractivity contribution < 1.29 is 22.4 Å². The number of hydrogen-bond donors (Lipinski definition) is 0. The molecule has 0 saturated carbocycles. The first-order valence-corrected chi connectivity index (χ1v) is 3.28. The van der Waals surface area contributed by atoms with Crippen molar-refractivity contribution >= 4 is 6.29 Å². The van der Waals surface area contributed by atoms with E-state index < -0.39 is 34.4 Å². The number of aldehydes is 1. The third-order valence-corrected chi connectivity index (χ3v) is 1.63. The molecule has 5 heteroatoms. The van der Waals surface area contributed by atoms with Gasteiger partial charge in [0.15, 0.2) is 23.7 Å². The van der Waals surface area contributed by atoms with Crippen molar-refractivity contribution in [1.82, 2.24) is 0 Å². The molecule has 70 valence electrons. The maximum atomic E-state index is 12.8. The van der Waals surface area contributed by atoms with E-state index in [1.807, 2.05) is 0 Å². The van der Waals surface area contributed by atoms with Gasteiger partial charge < -0.3 is 0 Å². The Kier molecular flexibility index (Phi) is 2.36. The third kappa shape index (κ3) is 1.30. The molecule has 0 aliphatic rings. The second-order valence-corrected chi connectivity index (χ2v) is 2.41. The molecular weight excluding hydrogens is 188 g/mol. The van der Waals surface area contributed by atoms with Crippen molar-refractivity contribution in [3.05, 3.63) is 34.4 Å². The highest BCUT2D eigenvalue weighted by Gasteiger charge is 2.22. The number of benzene rings is 1. The van der Waals surface area contributed by atoms with Crippen molar-refractivity contribution in [3.8, 4) is 0 Å². The summed E-state index contributed by atoms with van der Waals surface area (Å²) in [6.45, 7) is 0.917. The van der Waals surface area contributed by atoms with Gasteiger partial charge in [-0.1, -0.05) is 0 Å². The highest BCUT2D eigenvalue weighted by Crippen LogP contribution is 2.21. The van der Waals surface area contributed by atoms with Crippen LogP contribution in [0.4, 0.5) is 17.6 Å². The molecule has 0 bridgehead atoms. The van der Waals surface area contributed by atoms with Gasteiger partial charge >= 0.3 is 0 Å². The summed E-state index contributed by atoms with van der Waals surface area (Å²) in [6.07, 6.45) is -0.194. The first-order chi connectivity index (χ1) is 6.00. The van der Waals surface area contributed by atoms with E-state index in [1.54, 1.807) is 0 Å². The lowest BCUT2D eigenvalue weighted by molar-refractivity contribution is 0.111. The van der Waals surface area contributed by atoms with Crippen molar-refractivity contribution in [2.45, 2.75) is 6.92 Å². The Hall–Kier alpha value is -1.39. The zero-order chi connectivity index (χ0) is 10.2. The molecule has 0 heterocycles. The van der Waals surface area contributed by atoms with Crippen LogP contribution in [-0.2, 0) is 0 Å². The minimum Gasteiger partial charge on any atom is -0.298 e. The van der Waals surface area contributed by atoms with Crippen LogP contribution in [0, 0.1) is 30.2 Å². The van der Waals surface area contributed by atoms with Gasteiger partial charge in [0.05, 0.1) is 5.56 Å². The predicted octanol–water partition coefficient (Wildman–Crippen LogP) is 2.36. The van der Waals surface area contributed by atoms with Crippen LogP contribution in [0.2, 0.25) is 0 Å². The minimum atomic E-state index is -1.83. The van der Waals surface area contributed by atoms with Gasteiger partial charge in [-0.2, -0.15) is 0 Å². The van der Waals surface area contributed by atoms with Crippen LogP contribution in [0.15, 0.2) is 0 Å². The Morgan fingerprint density at radius 3 is 1.92 bits per heavy atom. The van der Waals surface area contributed by atoms with Gasteiger partial charge in [-0.05, 0) is 6.92 Å². The fraction of sp³-hybridized carbons (Fsp3) is 0.125. The average Bonchev–Trinajstić information content (AvgIpc) is 2.13. The van der Waals surface area contributed by atoms with Crippen LogP contribution in [0.5, 0.6) is 0 Å². The fourth-order valence-corrected chi connectivity index (χ4v) is 0.877. The van der Waals surface area contributed by atoms with E-state index in [4.69, 9.17) is 0 Å². The van der Waals surface area contributed by atoms with Gasteiger partial charge in [-0.15, -0.1) is 0 Å². The molecule has 0 aromatic heterocycles. The summed E-state index contributed by atoms with van der Waals surface area (Å²) in [5, 5.41) is 0. The normalized spacial score (nSPS) is 10.2. The van der Waals surface area contributed by atoms with Crippen LogP contribution >= 0.6 is 0 Å². The fourth-order valence-electron chi connectivity index (χ4n) is 0.877. The minimum absolute atomic E-state index is 0.194. The summed E-state index contributed by atoms with van der Waals surface area (Å²) in [4.78, 5) is 10.1. The van der Waals surface area contributed by atoms with Crippen molar-refractivity contribution in [1.29, 1.82) is 0 Å². The summed E-state index contributed by atoms with van der Waals surface area (Å²) in [5.74, 6) is -6.61. The van der Waals surface area contributed by atoms with Crippen LogP contribution in [-0.4, -0.2) is 6.29 Å². The lowest BCUT2D eigenvalue weighted by Gasteiger charge is -2.04. The first-order valence-electron chi connectivity index (χ1n) is 3.28. The van der Waals surface area contributed by atoms with Crippen molar-refractivity contribution in [2.24, 2.45) is 0 Å². The number of halogens is 4. The molecule has 0 spiro atoms. The van der Waals surface area contributed by atoms with Gasteiger partial charge in [0.1, 0.15) is 5.82 Å². The predicted molar refractivity (Wildman–Crippen MR) is 36.4 cm³/mol. The van der Waals surface area contributed by atoms with Gasteiger partial charge in [-0.3, -0.25) is 4.79 Å². The first kappa shape index (κ1) is 9.70. The van der Waals surface area contributed by atoms with Crippen LogP contribution in [0.1, 0.15) is 15.9 Å². The Morgan fingerprint density at radius 1 is 0.923 bits per heavy atom. The summed E-state index contributed by atoms with van der Waals surface area (Å²) >= 11 is 0. The molecule has 0 saturated heterocycles. The molecule has 13 heavy (non-hydrogen) atoms. The van der Waals surface area contributed by atoms with E-state index in [1.165, 1.54) is 0 Å². The van der Waals surface area contributed by atoms with Crippen LogP contribution in [0.25, 0.3) is 0 Å². The maximum absolute atomic E-state index is 12.8. The van der Waals surface area contributed by atoms with E-state index in [-0.39, 0.29) is 6.29 Å². The van der Waals surface area contributed by atoms with Gasteiger partial charge in [-0.25, -0.2) is 17.6 Å². The molecule has 1 aromatic rings. The molecule has 0 unspecified atom stereocenters. The molecule has 0 amide bonds. The second-order valence-electron chi connectivity index (χ2n) is 2.41. The molecule has 0 N–H and O–H groups in total. The van der Waals surface area contributed by atoms with Gasteiger partial charge in [0.2, 0.25) is 0 Å². The number of carbonyl (C=O) groups is 1. The van der Waals surface area contributed by atoms with E-state index >= 15 is 0 Å². The molecule has 1 nitrogen and oxygen atoms in total. The Labute approximate surface area is 71.0 Å². The monoisotopic (exact) mass is 192 g/mol. The summed E-state index contributed by atoms with van der Waals surface area (Å²) in [7, 11) is 0. The second kappa shape index (κ2) is 3.16. The summed E-state index contributed by atoms with van der Waals surface area (Å²) < 4.78 is 50.6. The number of hydrogen-bond acceptors (Lipinski definition) is 1.